The molecule has 1 atom stereocenters. The second-order valence-electron chi connectivity index (χ2n) is 3.06. The minimum Gasteiger partial charge on any atom is -0.497 e. The topological polar surface area (TPSA) is 21.3 Å². The van der Waals surface area contributed by atoms with E-state index in [4.69, 9.17) is 11.2 Å². The van der Waals surface area contributed by atoms with Crippen molar-refractivity contribution in [2.24, 2.45) is 0 Å². The number of likely N-dealkylation sites (N-methyl/N-ethyl adjacent to an activating group) is 1. The second-order valence-corrected chi connectivity index (χ2v) is 3.06. The Morgan fingerprint density at radius 2 is 2.36 bits per heavy atom. The number of benzene rings is 1. The number of terminal acetylenes is 1. The lowest BCUT2D eigenvalue weighted by atomic mass is 10.1. The van der Waals surface area contributed by atoms with Crippen LogP contribution in [0.2, 0.25) is 0 Å². The van der Waals surface area contributed by atoms with Gasteiger partial charge in [-0.15, -0.1) is 6.42 Å². The molecule has 2 nitrogen and oxygen atoms in total. The Bertz CT molecular complexity index is 327. The Hall–Kier alpha value is -1.46. The minimum absolute atomic E-state index is 0.0853. The van der Waals surface area contributed by atoms with E-state index in [2.05, 4.69) is 11.2 Å². The van der Waals surface area contributed by atoms with E-state index in [0.29, 0.717) is 0 Å². The first-order valence-corrected chi connectivity index (χ1v) is 4.56. The van der Waals surface area contributed by atoms with Gasteiger partial charge >= 0.3 is 0 Å². The molecule has 0 aliphatic rings. The molecule has 0 bridgehead atoms. The molecule has 0 spiro atoms. The molecule has 0 aromatic heterocycles. The van der Waals surface area contributed by atoms with Crippen LogP contribution in [0.1, 0.15) is 5.56 Å². The van der Waals surface area contributed by atoms with Crippen LogP contribution in [-0.4, -0.2) is 20.2 Å². The summed E-state index contributed by atoms with van der Waals surface area (Å²) in [7, 11) is 3.53. The Kier molecular flexibility index (Phi) is 4.03. The summed E-state index contributed by atoms with van der Waals surface area (Å²) in [6.07, 6.45) is 6.18. The lowest BCUT2D eigenvalue weighted by Gasteiger charge is -2.09. The van der Waals surface area contributed by atoms with E-state index < -0.39 is 0 Å². The van der Waals surface area contributed by atoms with E-state index in [-0.39, 0.29) is 6.04 Å². The van der Waals surface area contributed by atoms with E-state index in [1.54, 1.807) is 7.11 Å². The molecule has 0 amide bonds. The first-order chi connectivity index (χ1) is 6.80. The number of hydrogen-bond acceptors (Lipinski definition) is 2. The van der Waals surface area contributed by atoms with Crippen molar-refractivity contribution in [1.29, 1.82) is 0 Å². The largest absolute Gasteiger partial charge is 0.497 e. The molecule has 1 rings (SSSR count). The van der Waals surface area contributed by atoms with Crippen LogP contribution in [0.3, 0.4) is 0 Å². The summed E-state index contributed by atoms with van der Waals surface area (Å²) >= 11 is 0. The molecule has 0 radical (unpaired) electrons. The third-order valence-electron chi connectivity index (χ3n) is 2.12. The number of nitrogens with one attached hydrogen (secondary N) is 1. The standard InChI is InChI=1S/C12H15NO/c1-4-11(13-2)8-10-6-5-7-12(9-10)14-3/h1,5-7,9,11,13H,8H2,2-3H3. The van der Waals surface area contributed by atoms with Gasteiger partial charge in [0.15, 0.2) is 0 Å². The Labute approximate surface area is 85.3 Å². The zero-order valence-corrected chi connectivity index (χ0v) is 8.58. The zero-order valence-electron chi connectivity index (χ0n) is 8.58. The predicted molar refractivity (Wildman–Crippen MR) is 58.4 cm³/mol. The van der Waals surface area contributed by atoms with Gasteiger partial charge in [0.25, 0.3) is 0 Å². The number of ether oxygens (including phenoxy) is 1. The fourth-order valence-electron chi connectivity index (χ4n) is 1.28. The van der Waals surface area contributed by atoms with Crippen LogP contribution in [0.25, 0.3) is 0 Å². The first-order valence-electron chi connectivity index (χ1n) is 4.56. The van der Waals surface area contributed by atoms with Gasteiger partial charge in [0.2, 0.25) is 0 Å². The number of methoxy groups -OCH3 is 1. The van der Waals surface area contributed by atoms with E-state index >= 15 is 0 Å². The Morgan fingerprint density at radius 3 is 2.93 bits per heavy atom. The molecule has 74 valence electrons. The van der Waals surface area contributed by atoms with E-state index in [9.17, 15) is 0 Å². The van der Waals surface area contributed by atoms with Crippen molar-refractivity contribution in [1.82, 2.24) is 5.32 Å². The molecule has 14 heavy (non-hydrogen) atoms. The van der Waals surface area contributed by atoms with Crippen LogP contribution in [0, 0.1) is 12.3 Å². The van der Waals surface area contributed by atoms with Crippen molar-refractivity contribution < 1.29 is 4.74 Å². The molecule has 0 heterocycles. The summed E-state index contributed by atoms with van der Waals surface area (Å²) in [6.45, 7) is 0. The van der Waals surface area contributed by atoms with Crippen molar-refractivity contribution >= 4 is 0 Å². The molecular weight excluding hydrogens is 174 g/mol. The zero-order chi connectivity index (χ0) is 10.4. The van der Waals surface area contributed by atoms with Gasteiger partial charge in [0.05, 0.1) is 13.2 Å². The summed E-state index contributed by atoms with van der Waals surface area (Å²) in [5, 5.41) is 3.06. The van der Waals surface area contributed by atoms with Crippen molar-refractivity contribution in [3.63, 3.8) is 0 Å². The molecular formula is C12H15NO. The van der Waals surface area contributed by atoms with Gasteiger partial charge in [-0.2, -0.15) is 0 Å². The summed E-state index contributed by atoms with van der Waals surface area (Å²) in [5.41, 5.74) is 1.18. The minimum atomic E-state index is 0.0853. The van der Waals surface area contributed by atoms with Crippen molar-refractivity contribution in [2.75, 3.05) is 14.2 Å². The van der Waals surface area contributed by atoms with Crippen LogP contribution in [0.5, 0.6) is 5.75 Å². The lowest BCUT2D eigenvalue weighted by molar-refractivity contribution is 0.414. The van der Waals surface area contributed by atoms with Crippen LogP contribution >= 0.6 is 0 Å². The third-order valence-corrected chi connectivity index (χ3v) is 2.12. The molecule has 0 saturated carbocycles. The highest BCUT2D eigenvalue weighted by atomic mass is 16.5. The maximum Gasteiger partial charge on any atom is 0.119 e. The monoisotopic (exact) mass is 189 g/mol. The fraction of sp³-hybridized carbons (Fsp3) is 0.333. The highest BCUT2D eigenvalue weighted by Crippen LogP contribution is 2.13. The molecule has 2 heteroatoms. The molecule has 1 unspecified atom stereocenters. The van der Waals surface area contributed by atoms with Gasteiger partial charge in [-0.3, -0.25) is 0 Å². The maximum atomic E-state index is 5.36. The summed E-state index contributed by atoms with van der Waals surface area (Å²) < 4.78 is 5.13. The molecule has 0 saturated heterocycles. The van der Waals surface area contributed by atoms with Crippen LogP contribution in [0.15, 0.2) is 24.3 Å². The second kappa shape index (κ2) is 5.31. The average molecular weight is 189 g/mol. The van der Waals surface area contributed by atoms with Crippen molar-refractivity contribution in [3.8, 4) is 18.1 Å². The smallest absolute Gasteiger partial charge is 0.119 e. The summed E-state index contributed by atoms with van der Waals surface area (Å²) in [5.74, 6) is 3.56. The molecule has 0 aliphatic heterocycles. The molecule has 0 aliphatic carbocycles. The molecule has 1 aromatic rings. The van der Waals surface area contributed by atoms with Gasteiger partial charge in [-0.1, -0.05) is 18.1 Å². The lowest BCUT2D eigenvalue weighted by Crippen LogP contribution is -2.25. The molecule has 1 N–H and O–H groups in total. The predicted octanol–water partition coefficient (Wildman–Crippen LogP) is 1.46. The highest BCUT2D eigenvalue weighted by Gasteiger charge is 2.03. The van der Waals surface area contributed by atoms with Gasteiger partial charge in [-0.25, -0.2) is 0 Å². The quantitative estimate of drug-likeness (QED) is 0.724. The first kappa shape index (κ1) is 10.6. The van der Waals surface area contributed by atoms with E-state index in [1.807, 2.05) is 31.3 Å². The maximum absolute atomic E-state index is 5.36. The summed E-state index contributed by atoms with van der Waals surface area (Å²) in [4.78, 5) is 0. The van der Waals surface area contributed by atoms with Crippen LogP contribution in [-0.2, 0) is 6.42 Å². The van der Waals surface area contributed by atoms with Gasteiger partial charge in [-0.05, 0) is 31.2 Å². The number of rotatable bonds is 4. The van der Waals surface area contributed by atoms with E-state index in [0.717, 1.165) is 12.2 Å². The van der Waals surface area contributed by atoms with Crippen LogP contribution in [0.4, 0.5) is 0 Å². The SMILES string of the molecule is C#CC(Cc1cccc(OC)c1)NC. The Balaban J connectivity index is 2.71. The number of hydrogen-bond donors (Lipinski definition) is 1. The molecule has 1 aromatic carbocycles. The van der Waals surface area contributed by atoms with Crippen molar-refractivity contribution in [3.05, 3.63) is 29.8 Å². The van der Waals surface area contributed by atoms with Crippen molar-refractivity contribution in [2.45, 2.75) is 12.5 Å². The van der Waals surface area contributed by atoms with Gasteiger partial charge in [0, 0.05) is 0 Å². The summed E-state index contributed by atoms with van der Waals surface area (Å²) in [6, 6.07) is 8.03. The van der Waals surface area contributed by atoms with E-state index in [1.165, 1.54) is 5.56 Å². The molecule has 0 fully saturated rings. The third kappa shape index (κ3) is 2.79. The highest BCUT2D eigenvalue weighted by molar-refractivity contribution is 5.29. The fourth-order valence-corrected chi connectivity index (χ4v) is 1.28. The van der Waals surface area contributed by atoms with Gasteiger partial charge in [0.1, 0.15) is 5.75 Å². The van der Waals surface area contributed by atoms with Gasteiger partial charge < -0.3 is 10.1 Å². The normalized spacial score (nSPS) is 11.8. The Morgan fingerprint density at radius 1 is 1.57 bits per heavy atom. The van der Waals surface area contributed by atoms with Crippen LogP contribution < -0.4 is 10.1 Å². The average Bonchev–Trinajstić information content (AvgIpc) is 2.26.